The average molecular weight is 343 g/mol. The zero-order valence-corrected chi connectivity index (χ0v) is 14.5. The van der Waals surface area contributed by atoms with Crippen LogP contribution in [0, 0.1) is 12.7 Å². The van der Waals surface area contributed by atoms with Crippen LogP contribution in [0.4, 0.5) is 16.2 Å². The molecule has 1 aromatic carbocycles. The minimum Gasteiger partial charge on any atom is -0.370 e. The molecule has 0 radical (unpaired) electrons. The molecule has 0 bridgehead atoms. The number of rotatable bonds is 4. The van der Waals surface area contributed by atoms with Gasteiger partial charge >= 0.3 is 0 Å². The lowest BCUT2D eigenvalue weighted by molar-refractivity contribution is 0.0745. The highest BCUT2D eigenvalue weighted by molar-refractivity contribution is 5.94. The quantitative estimate of drug-likeness (QED) is 0.923. The van der Waals surface area contributed by atoms with Gasteiger partial charge in [-0.3, -0.25) is 4.79 Å². The van der Waals surface area contributed by atoms with E-state index in [1.165, 1.54) is 12.1 Å². The Morgan fingerprint density at radius 3 is 2.64 bits per heavy atom. The topological polar surface area (TPSA) is 61.4 Å². The number of amides is 1. The lowest BCUT2D eigenvalue weighted by Crippen LogP contribution is -2.49. The lowest BCUT2D eigenvalue weighted by Gasteiger charge is -2.35. The summed E-state index contributed by atoms with van der Waals surface area (Å²) >= 11 is 0. The Morgan fingerprint density at radius 2 is 1.96 bits per heavy atom. The third-order valence-electron chi connectivity index (χ3n) is 4.12. The summed E-state index contributed by atoms with van der Waals surface area (Å²) in [5.41, 5.74) is 1.29. The van der Waals surface area contributed by atoms with Gasteiger partial charge in [0.05, 0.1) is 0 Å². The molecule has 0 saturated carbocycles. The molecule has 2 aromatic rings. The molecular weight excluding hydrogens is 321 g/mol. The third-order valence-corrected chi connectivity index (χ3v) is 4.12. The molecule has 0 atom stereocenters. The molecule has 7 heteroatoms. The Labute approximate surface area is 146 Å². The molecule has 2 heterocycles. The highest BCUT2D eigenvalue weighted by Gasteiger charge is 2.24. The molecule has 1 aliphatic rings. The summed E-state index contributed by atoms with van der Waals surface area (Å²) in [5, 5.41) is 3.20. The van der Waals surface area contributed by atoms with Gasteiger partial charge in [-0.25, -0.2) is 9.37 Å². The maximum absolute atomic E-state index is 13.3. The number of hydrogen-bond acceptors (Lipinski definition) is 5. The summed E-state index contributed by atoms with van der Waals surface area (Å²) < 4.78 is 13.3. The zero-order chi connectivity index (χ0) is 17.8. The maximum atomic E-state index is 13.3. The van der Waals surface area contributed by atoms with Crippen molar-refractivity contribution in [1.82, 2.24) is 14.9 Å². The van der Waals surface area contributed by atoms with Gasteiger partial charge in [0.25, 0.3) is 5.91 Å². The van der Waals surface area contributed by atoms with Crippen LogP contribution in [0.3, 0.4) is 0 Å². The van der Waals surface area contributed by atoms with Crippen LogP contribution in [0.5, 0.6) is 0 Å². The van der Waals surface area contributed by atoms with Gasteiger partial charge in [0.2, 0.25) is 5.95 Å². The minimum absolute atomic E-state index is 0.141. The number of aromatic nitrogens is 2. The van der Waals surface area contributed by atoms with Gasteiger partial charge in [0.1, 0.15) is 11.6 Å². The number of nitrogens with zero attached hydrogens (tertiary/aromatic N) is 4. The molecule has 1 fully saturated rings. The molecule has 1 N–H and O–H groups in total. The van der Waals surface area contributed by atoms with Gasteiger partial charge in [0.15, 0.2) is 0 Å². The second kappa shape index (κ2) is 7.46. The van der Waals surface area contributed by atoms with Crippen LogP contribution in [0.2, 0.25) is 0 Å². The Balaban J connectivity index is 1.66. The number of nitrogens with one attached hydrogen (secondary N) is 1. The van der Waals surface area contributed by atoms with E-state index in [9.17, 15) is 9.18 Å². The van der Waals surface area contributed by atoms with Crippen molar-refractivity contribution in [3.8, 4) is 0 Å². The fraction of sp³-hybridized carbons (Fsp3) is 0.389. The Hall–Kier alpha value is -2.70. The molecule has 1 aromatic heterocycles. The van der Waals surface area contributed by atoms with Gasteiger partial charge in [-0.2, -0.15) is 4.98 Å². The minimum atomic E-state index is -0.395. The molecule has 25 heavy (non-hydrogen) atoms. The molecular formula is C18H22FN5O. The van der Waals surface area contributed by atoms with Gasteiger partial charge in [0, 0.05) is 50.0 Å². The molecule has 3 rings (SSSR count). The van der Waals surface area contributed by atoms with Gasteiger partial charge in [-0.15, -0.1) is 0 Å². The zero-order valence-electron chi connectivity index (χ0n) is 14.5. The van der Waals surface area contributed by atoms with Crippen LogP contribution in [0.25, 0.3) is 0 Å². The van der Waals surface area contributed by atoms with Gasteiger partial charge in [-0.05, 0) is 32.0 Å². The highest BCUT2D eigenvalue weighted by atomic mass is 19.1. The molecule has 0 aliphatic carbocycles. The SMILES string of the molecule is CCNc1cc(C)nc(N2CCN(C(=O)c3cccc(F)c3)CC2)n1. The fourth-order valence-electron chi connectivity index (χ4n) is 2.88. The van der Waals surface area contributed by atoms with Crippen molar-refractivity contribution in [2.45, 2.75) is 13.8 Å². The average Bonchev–Trinajstić information content (AvgIpc) is 2.61. The normalized spacial score (nSPS) is 14.5. The van der Waals surface area contributed by atoms with Crippen molar-refractivity contribution in [3.63, 3.8) is 0 Å². The number of hydrogen-bond donors (Lipinski definition) is 1. The van der Waals surface area contributed by atoms with Crippen molar-refractivity contribution in [3.05, 3.63) is 47.4 Å². The number of aryl methyl sites for hydroxylation is 1. The predicted molar refractivity (Wildman–Crippen MR) is 95.4 cm³/mol. The summed E-state index contributed by atoms with van der Waals surface area (Å²) in [6, 6.07) is 7.73. The lowest BCUT2D eigenvalue weighted by atomic mass is 10.2. The number of carbonyl (C=O) groups excluding carboxylic acids is 1. The smallest absolute Gasteiger partial charge is 0.254 e. The molecule has 1 amide bonds. The van der Waals surface area contributed by atoms with E-state index >= 15 is 0 Å². The van der Waals surface area contributed by atoms with Crippen LogP contribution in [-0.4, -0.2) is 53.5 Å². The monoisotopic (exact) mass is 343 g/mol. The van der Waals surface area contributed by atoms with Crippen LogP contribution in [0.15, 0.2) is 30.3 Å². The van der Waals surface area contributed by atoms with E-state index in [4.69, 9.17) is 0 Å². The largest absolute Gasteiger partial charge is 0.370 e. The molecule has 0 spiro atoms. The number of benzene rings is 1. The van der Waals surface area contributed by atoms with E-state index < -0.39 is 5.82 Å². The summed E-state index contributed by atoms with van der Waals surface area (Å²) in [4.78, 5) is 25.3. The van der Waals surface area contributed by atoms with E-state index in [0.29, 0.717) is 37.7 Å². The number of carbonyl (C=O) groups is 1. The predicted octanol–water partition coefficient (Wildman–Crippen LogP) is 2.32. The van der Waals surface area contributed by atoms with Crippen molar-refractivity contribution < 1.29 is 9.18 Å². The highest BCUT2D eigenvalue weighted by Crippen LogP contribution is 2.17. The Bertz CT molecular complexity index is 759. The number of piperazine rings is 1. The molecule has 132 valence electrons. The van der Waals surface area contributed by atoms with Crippen molar-refractivity contribution in [2.75, 3.05) is 42.9 Å². The second-order valence-corrected chi connectivity index (χ2v) is 6.01. The molecule has 0 unspecified atom stereocenters. The van der Waals surface area contributed by atoms with Crippen molar-refractivity contribution >= 4 is 17.7 Å². The molecule has 6 nitrogen and oxygen atoms in total. The van der Waals surface area contributed by atoms with E-state index in [-0.39, 0.29) is 5.91 Å². The van der Waals surface area contributed by atoms with Crippen LogP contribution in [-0.2, 0) is 0 Å². The fourth-order valence-corrected chi connectivity index (χ4v) is 2.88. The maximum Gasteiger partial charge on any atom is 0.254 e. The summed E-state index contributed by atoms with van der Waals surface area (Å²) in [6.45, 7) is 7.17. The van der Waals surface area contributed by atoms with Gasteiger partial charge in [-0.1, -0.05) is 6.07 Å². The first-order valence-corrected chi connectivity index (χ1v) is 8.46. The van der Waals surface area contributed by atoms with E-state index in [2.05, 4.69) is 20.2 Å². The molecule has 1 saturated heterocycles. The standard InChI is InChI=1S/C18H22FN5O/c1-3-20-16-11-13(2)21-18(22-16)24-9-7-23(8-10-24)17(25)14-5-4-6-15(19)12-14/h4-6,11-12H,3,7-10H2,1-2H3,(H,20,21,22). The van der Waals surface area contributed by atoms with Crippen LogP contribution in [0.1, 0.15) is 23.0 Å². The van der Waals surface area contributed by atoms with Crippen LogP contribution < -0.4 is 10.2 Å². The molecule has 1 aliphatic heterocycles. The van der Waals surface area contributed by atoms with E-state index in [1.807, 2.05) is 19.9 Å². The number of anilines is 2. The first kappa shape index (κ1) is 17.1. The number of halogens is 1. The van der Waals surface area contributed by atoms with Crippen molar-refractivity contribution in [1.29, 1.82) is 0 Å². The van der Waals surface area contributed by atoms with Gasteiger partial charge < -0.3 is 15.1 Å². The van der Waals surface area contributed by atoms with E-state index in [1.54, 1.807) is 17.0 Å². The summed E-state index contributed by atoms with van der Waals surface area (Å²) in [6.07, 6.45) is 0. The summed E-state index contributed by atoms with van der Waals surface area (Å²) in [5.74, 6) is 0.948. The first-order chi connectivity index (χ1) is 12.1. The Kier molecular flexibility index (Phi) is 5.11. The third kappa shape index (κ3) is 4.04. The van der Waals surface area contributed by atoms with Crippen molar-refractivity contribution in [2.24, 2.45) is 0 Å². The van der Waals surface area contributed by atoms with E-state index in [0.717, 1.165) is 18.1 Å². The Morgan fingerprint density at radius 1 is 1.20 bits per heavy atom. The first-order valence-electron chi connectivity index (χ1n) is 8.46. The summed E-state index contributed by atoms with van der Waals surface area (Å²) in [7, 11) is 0. The second-order valence-electron chi connectivity index (χ2n) is 6.01. The van der Waals surface area contributed by atoms with Crippen LogP contribution >= 0.6 is 0 Å².